The fourth-order valence-electron chi connectivity index (χ4n) is 2.27. The van der Waals surface area contributed by atoms with Gasteiger partial charge in [-0.05, 0) is 47.0 Å². The number of rotatable bonds is 0. The van der Waals surface area contributed by atoms with Crippen molar-refractivity contribution in [3.05, 3.63) is 42.0 Å². The molecule has 1 unspecified atom stereocenters. The molecule has 1 aliphatic rings. The van der Waals surface area contributed by atoms with Gasteiger partial charge in [0, 0.05) is 0 Å². The maximum Gasteiger partial charge on any atom is 0.116 e. The van der Waals surface area contributed by atoms with Crippen LogP contribution in [-0.4, -0.2) is 14.4 Å². The zero-order valence-corrected chi connectivity index (χ0v) is 10.2. The first kappa shape index (κ1) is 11.1. The van der Waals surface area contributed by atoms with E-state index >= 15 is 0 Å². The Morgan fingerprint density at radius 2 is 1.61 bits per heavy atom. The fraction of sp³-hybridized carbons (Fsp3) is 0.0769. The number of nitrogens with one attached hydrogen (secondary N) is 1. The van der Waals surface area contributed by atoms with Crippen LogP contribution in [0.1, 0.15) is 5.56 Å². The molecule has 0 amide bonds. The topological polar surface area (TPSA) is 81.4 Å². The number of aromatic hydroxyl groups is 2. The Morgan fingerprint density at radius 1 is 1.00 bits per heavy atom. The lowest BCUT2D eigenvalue weighted by Crippen LogP contribution is -2.11. The van der Waals surface area contributed by atoms with E-state index in [4.69, 9.17) is 4.78 Å². The third-order valence-corrected chi connectivity index (χ3v) is 4.82. The van der Waals surface area contributed by atoms with E-state index in [9.17, 15) is 14.4 Å². The molecule has 0 saturated heterocycles. The Morgan fingerprint density at radius 3 is 2.33 bits per heavy atom. The van der Waals surface area contributed by atoms with Crippen LogP contribution in [0.3, 0.4) is 0 Å². The van der Waals surface area contributed by atoms with Crippen LogP contribution in [0.2, 0.25) is 0 Å². The highest BCUT2D eigenvalue weighted by molar-refractivity contribution is 7.92. The summed E-state index contributed by atoms with van der Waals surface area (Å²) in [7, 11) is -2.97. The number of phenols is 2. The number of hydrogen-bond acceptors (Lipinski definition) is 4. The van der Waals surface area contributed by atoms with Crippen LogP contribution in [0.25, 0.3) is 11.1 Å². The first-order valence-electron chi connectivity index (χ1n) is 5.39. The molecule has 5 heteroatoms. The van der Waals surface area contributed by atoms with Crippen LogP contribution in [0.4, 0.5) is 0 Å². The predicted octanol–water partition coefficient (Wildman–Crippen LogP) is 2.68. The molecule has 4 nitrogen and oxygen atoms in total. The molecule has 0 aliphatic carbocycles. The molecule has 3 rings (SSSR count). The fourth-order valence-corrected chi connectivity index (χ4v) is 3.94. The van der Waals surface area contributed by atoms with Crippen molar-refractivity contribution in [3.8, 4) is 22.6 Å². The van der Waals surface area contributed by atoms with E-state index in [0.717, 1.165) is 5.56 Å². The van der Waals surface area contributed by atoms with Gasteiger partial charge in [0.2, 0.25) is 0 Å². The van der Waals surface area contributed by atoms with E-state index in [0.29, 0.717) is 16.0 Å². The largest absolute Gasteiger partial charge is 0.508 e. The van der Waals surface area contributed by atoms with Crippen LogP contribution in [0.15, 0.2) is 41.3 Å². The molecule has 1 heterocycles. The Kier molecular flexibility index (Phi) is 2.15. The van der Waals surface area contributed by atoms with Gasteiger partial charge in [0.05, 0.1) is 20.4 Å². The van der Waals surface area contributed by atoms with E-state index in [1.807, 2.05) is 0 Å². The SMILES string of the molecule is N=S1(=O)Cc2cc(O)ccc2-c2ccc(O)cc21. The Labute approximate surface area is 105 Å². The van der Waals surface area contributed by atoms with Crippen molar-refractivity contribution in [2.45, 2.75) is 10.6 Å². The third-order valence-electron chi connectivity index (χ3n) is 3.06. The van der Waals surface area contributed by atoms with E-state index < -0.39 is 9.73 Å². The van der Waals surface area contributed by atoms with Crippen molar-refractivity contribution in [2.75, 3.05) is 0 Å². The van der Waals surface area contributed by atoms with E-state index in [2.05, 4.69) is 0 Å². The minimum Gasteiger partial charge on any atom is -0.508 e. The average Bonchev–Trinajstić information content (AvgIpc) is 2.28. The van der Waals surface area contributed by atoms with Crippen LogP contribution >= 0.6 is 0 Å². The molecule has 0 aromatic heterocycles. The number of fused-ring (bicyclic) bond motifs is 3. The smallest absolute Gasteiger partial charge is 0.116 e. The van der Waals surface area contributed by atoms with Gasteiger partial charge in [0.1, 0.15) is 11.5 Å². The van der Waals surface area contributed by atoms with Crippen molar-refractivity contribution in [1.82, 2.24) is 0 Å². The van der Waals surface area contributed by atoms with Crippen molar-refractivity contribution >= 4 is 9.73 Å². The van der Waals surface area contributed by atoms with Crippen LogP contribution < -0.4 is 0 Å². The average molecular weight is 261 g/mol. The van der Waals surface area contributed by atoms with Gasteiger partial charge in [-0.15, -0.1) is 0 Å². The highest BCUT2D eigenvalue weighted by Gasteiger charge is 2.25. The van der Waals surface area contributed by atoms with Crippen LogP contribution in [-0.2, 0) is 15.5 Å². The summed E-state index contributed by atoms with van der Waals surface area (Å²) in [4.78, 5) is 0.362. The molecular formula is C13H11NO3S. The van der Waals surface area contributed by atoms with Gasteiger partial charge < -0.3 is 10.2 Å². The van der Waals surface area contributed by atoms with Crippen molar-refractivity contribution < 1.29 is 14.4 Å². The van der Waals surface area contributed by atoms with Crippen LogP contribution in [0, 0.1) is 4.78 Å². The van der Waals surface area contributed by atoms with Gasteiger partial charge in [-0.25, -0.2) is 8.99 Å². The molecule has 18 heavy (non-hydrogen) atoms. The van der Waals surface area contributed by atoms with E-state index in [-0.39, 0.29) is 17.3 Å². The molecule has 92 valence electrons. The molecule has 1 atom stereocenters. The van der Waals surface area contributed by atoms with Crippen molar-refractivity contribution in [3.63, 3.8) is 0 Å². The molecule has 2 aromatic carbocycles. The molecule has 2 aromatic rings. The zero-order chi connectivity index (χ0) is 12.9. The summed E-state index contributed by atoms with van der Waals surface area (Å²) in [6.07, 6.45) is 0. The Balaban J connectivity index is 2.39. The van der Waals surface area contributed by atoms with Gasteiger partial charge >= 0.3 is 0 Å². The van der Waals surface area contributed by atoms with Crippen molar-refractivity contribution in [1.29, 1.82) is 4.78 Å². The van der Waals surface area contributed by atoms with Crippen molar-refractivity contribution in [2.24, 2.45) is 0 Å². The Bertz CT molecular complexity index is 751. The van der Waals surface area contributed by atoms with Crippen LogP contribution in [0.5, 0.6) is 11.5 Å². The first-order valence-corrected chi connectivity index (χ1v) is 7.12. The quantitative estimate of drug-likeness (QED) is 0.682. The van der Waals surface area contributed by atoms with Gasteiger partial charge in [-0.1, -0.05) is 6.07 Å². The lowest BCUT2D eigenvalue weighted by atomic mass is 9.99. The summed E-state index contributed by atoms with van der Waals surface area (Å²) in [5, 5.41) is 18.9. The van der Waals surface area contributed by atoms with E-state index in [1.54, 1.807) is 24.3 Å². The first-order chi connectivity index (χ1) is 8.47. The molecular weight excluding hydrogens is 250 g/mol. The summed E-state index contributed by atoms with van der Waals surface area (Å²) < 4.78 is 20.3. The Hall–Kier alpha value is -2.01. The zero-order valence-electron chi connectivity index (χ0n) is 9.38. The highest BCUT2D eigenvalue weighted by atomic mass is 32.2. The summed E-state index contributed by atoms with van der Waals surface area (Å²) in [6.45, 7) is 0. The van der Waals surface area contributed by atoms with Gasteiger partial charge in [-0.3, -0.25) is 0 Å². The molecule has 0 saturated carbocycles. The minimum atomic E-state index is -2.97. The highest BCUT2D eigenvalue weighted by Crippen LogP contribution is 2.40. The molecule has 0 bridgehead atoms. The lowest BCUT2D eigenvalue weighted by molar-refractivity contribution is 0.473. The normalized spacial score (nSPS) is 21.1. The monoisotopic (exact) mass is 261 g/mol. The van der Waals surface area contributed by atoms with Gasteiger partial charge in [-0.2, -0.15) is 0 Å². The number of benzene rings is 2. The molecule has 0 spiro atoms. The third kappa shape index (κ3) is 1.55. The summed E-state index contributed by atoms with van der Waals surface area (Å²) in [5.41, 5.74) is 2.25. The number of phenolic OH excluding ortho intramolecular Hbond substituents is 2. The predicted molar refractivity (Wildman–Crippen MR) is 68.0 cm³/mol. The molecule has 0 fully saturated rings. The lowest BCUT2D eigenvalue weighted by Gasteiger charge is -2.22. The maximum atomic E-state index is 12.3. The minimum absolute atomic E-state index is 0.0101. The number of hydrogen-bond donors (Lipinski definition) is 3. The summed E-state index contributed by atoms with van der Waals surface area (Å²) >= 11 is 0. The summed E-state index contributed by atoms with van der Waals surface area (Å²) in [6, 6.07) is 9.41. The van der Waals surface area contributed by atoms with Gasteiger partial charge in [0.15, 0.2) is 0 Å². The maximum absolute atomic E-state index is 12.3. The molecule has 0 radical (unpaired) electrons. The second kappa shape index (κ2) is 3.49. The molecule has 3 N–H and O–H groups in total. The second-order valence-electron chi connectivity index (χ2n) is 4.34. The standard InChI is InChI=1S/C13H11NO3S/c14-18(17)7-8-5-9(15)1-3-11(8)12-4-2-10(16)6-13(12)18/h1-6,14-16H,7H2. The molecule has 1 aliphatic heterocycles. The summed E-state index contributed by atoms with van der Waals surface area (Å²) in [5.74, 6) is 0.176. The second-order valence-corrected chi connectivity index (χ2v) is 6.42. The van der Waals surface area contributed by atoms with Gasteiger partial charge in [0.25, 0.3) is 0 Å². The van der Waals surface area contributed by atoms with E-state index in [1.165, 1.54) is 12.1 Å².